The fourth-order valence-electron chi connectivity index (χ4n) is 8.40. The summed E-state index contributed by atoms with van der Waals surface area (Å²) in [5.41, 5.74) is 2.88. The zero-order valence-corrected chi connectivity index (χ0v) is 33.8. The minimum Gasteiger partial charge on any atom is -0.391 e. The highest BCUT2D eigenvalue weighted by atomic mass is 19.1. The van der Waals surface area contributed by atoms with Crippen molar-refractivity contribution in [1.29, 1.82) is 0 Å². The van der Waals surface area contributed by atoms with Crippen LogP contribution in [0.4, 0.5) is 13.2 Å². The smallest absolute Gasteiger partial charge is 0.245 e. The SMILES string of the molecule is CC[C@H](NC(=O)[C@H](C)NC)C(=O)N1C[C@@H](F)CC1Cc1c(-c2[nH]c3cc(F)ccc3c2C[C@@H]2C[C@H](O)CN2C(=O)[C@H](CC)NC(=O)[C@H](C)NC)[nH]c2c(F)cccc12. The highest BCUT2D eigenvalue weighted by Gasteiger charge is 2.41. The molecule has 0 radical (unpaired) electrons. The van der Waals surface area contributed by atoms with Crippen LogP contribution < -0.4 is 21.3 Å². The molecule has 2 aromatic heterocycles. The molecule has 1 unspecified atom stereocenters. The van der Waals surface area contributed by atoms with E-state index in [2.05, 4.69) is 31.2 Å². The Morgan fingerprint density at radius 1 is 0.793 bits per heavy atom. The number of likely N-dealkylation sites (N-methyl/N-ethyl adjacent to an activating group) is 2. The second kappa shape index (κ2) is 17.9. The fourth-order valence-corrected chi connectivity index (χ4v) is 8.40. The number of amides is 4. The molecule has 7 N–H and O–H groups in total. The van der Waals surface area contributed by atoms with Gasteiger partial charge >= 0.3 is 0 Å². The van der Waals surface area contributed by atoms with Gasteiger partial charge in [0.1, 0.15) is 29.9 Å². The largest absolute Gasteiger partial charge is 0.391 e. The van der Waals surface area contributed by atoms with Gasteiger partial charge in [-0.05, 0) is 95.4 Å². The lowest BCUT2D eigenvalue weighted by molar-refractivity contribution is -0.138. The molecule has 58 heavy (non-hydrogen) atoms. The van der Waals surface area contributed by atoms with E-state index in [1.54, 1.807) is 64.9 Å². The Bertz CT molecular complexity index is 2160. The summed E-state index contributed by atoms with van der Waals surface area (Å²) in [4.78, 5) is 63.3. The van der Waals surface area contributed by atoms with Crippen LogP contribution in [0, 0.1) is 11.6 Å². The van der Waals surface area contributed by atoms with Crippen molar-refractivity contribution in [2.24, 2.45) is 0 Å². The molecular weight excluding hydrogens is 754 g/mol. The van der Waals surface area contributed by atoms with Gasteiger partial charge in [0.25, 0.3) is 0 Å². The van der Waals surface area contributed by atoms with E-state index in [4.69, 9.17) is 0 Å². The summed E-state index contributed by atoms with van der Waals surface area (Å²) < 4.78 is 45.8. The van der Waals surface area contributed by atoms with E-state index >= 15 is 8.78 Å². The first-order valence-electron chi connectivity index (χ1n) is 20.2. The van der Waals surface area contributed by atoms with Crippen LogP contribution in [0.1, 0.15) is 64.5 Å². The van der Waals surface area contributed by atoms with E-state index in [1.165, 1.54) is 23.1 Å². The number of aromatic amines is 2. The van der Waals surface area contributed by atoms with Gasteiger partial charge in [-0.15, -0.1) is 0 Å². The summed E-state index contributed by atoms with van der Waals surface area (Å²) in [6.07, 6.45) is -0.953. The molecular formula is C42H55F3N8O5. The van der Waals surface area contributed by atoms with Crippen LogP contribution in [0.3, 0.4) is 0 Å². The first-order valence-corrected chi connectivity index (χ1v) is 20.2. The average molecular weight is 809 g/mol. The molecule has 2 saturated heterocycles. The fraction of sp³-hybridized carbons (Fsp3) is 0.524. The Hall–Kier alpha value is -4.93. The maximum absolute atomic E-state index is 15.6. The highest BCUT2D eigenvalue weighted by Crippen LogP contribution is 2.40. The van der Waals surface area contributed by atoms with Crippen molar-refractivity contribution < 1.29 is 37.5 Å². The van der Waals surface area contributed by atoms with Crippen molar-refractivity contribution in [2.45, 2.75) is 115 Å². The molecule has 13 nitrogen and oxygen atoms in total. The number of β-amino-alcohol motifs (C(OH)–C–C–N with tert-alkyl or cyclic N) is 1. The van der Waals surface area contributed by atoms with E-state index in [1.807, 2.05) is 0 Å². The van der Waals surface area contributed by atoms with Gasteiger partial charge in [0, 0.05) is 41.3 Å². The predicted octanol–water partition coefficient (Wildman–Crippen LogP) is 3.59. The summed E-state index contributed by atoms with van der Waals surface area (Å²) in [7, 11) is 3.28. The lowest BCUT2D eigenvalue weighted by Gasteiger charge is -2.30. The van der Waals surface area contributed by atoms with Gasteiger partial charge < -0.3 is 46.1 Å². The molecule has 0 bridgehead atoms. The summed E-state index contributed by atoms with van der Waals surface area (Å²) in [6.45, 7) is 6.81. The van der Waals surface area contributed by atoms with Crippen LogP contribution in [0.15, 0.2) is 36.4 Å². The molecule has 0 aliphatic carbocycles. The number of H-pyrrole nitrogens is 2. The van der Waals surface area contributed by atoms with E-state index < -0.39 is 66.1 Å². The second-order valence-electron chi connectivity index (χ2n) is 15.7. The van der Waals surface area contributed by atoms with Gasteiger partial charge in [0.15, 0.2) is 0 Å². The lowest BCUT2D eigenvalue weighted by Crippen LogP contribution is -2.53. The van der Waals surface area contributed by atoms with E-state index in [9.17, 15) is 28.7 Å². The molecule has 2 aliphatic heterocycles. The van der Waals surface area contributed by atoms with E-state index in [-0.39, 0.29) is 68.4 Å². The summed E-state index contributed by atoms with van der Waals surface area (Å²) in [5.74, 6) is -2.46. The quantitative estimate of drug-likeness (QED) is 0.0962. The number of aliphatic hydroxyl groups excluding tert-OH is 1. The number of hydrogen-bond acceptors (Lipinski definition) is 7. The van der Waals surface area contributed by atoms with Crippen LogP contribution in [0.25, 0.3) is 33.2 Å². The van der Waals surface area contributed by atoms with Gasteiger partial charge in [0.05, 0.1) is 41.6 Å². The Morgan fingerprint density at radius 2 is 1.34 bits per heavy atom. The number of alkyl halides is 1. The average Bonchev–Trinajstić information content (AvgIpc) is 3.97. The molecule has 4 heterocycles. The summed E-state index contributed by atoms with van der Waals surface area (Å²) in [6, 6.07) is 4.99. The summed E-state index contributed by atoms with van der Waals surface area (Å²) in [5, 5.41) is 23.4. The Labute approximate surface area is 335 Å². The number of benzene rings is 2. The molecule has 8 atom stereocenters. The van der Waals surface area contributed by atoms with Crippen molar-refractivity contribution in [2.75, 3.05) is 27.2 Å². The van der Waals surface area contributed by atoms with E-state index in [0.717, 1.165) is 0 Å². The van der Waals surface area contributed by atoms with Crippen molar-refractivity contribution in [1.82, 2.24) is 41.0 Å². The number of nitrogens with zero attached hydrogens (tertiary/aromatic N) is 2. The van der Waals surface area contributed by atoms with Crippen molar-refractivity contribution in [3.05, 3.63) is 59.2 Å². The zero-order chi connectivity index (χ0) is 42.0. The number of halogens is 3. The Kier molecular flexibility index (Phi) is 13.2. The topological polar surface area (TPSA) is 175 Å². The molecule has 314 valence electrons. The van der Waals surface area contributed by atoms with Crippen LogP contribution in [0.2, 0.25) is 0 Å². The molecule has 4 amide bonds. The number of para-hydroxylation sites is 1. The number of hydrogen-bond donors (Lipinski definition) is 7. The highest BCUT2D eigenvalue weighted by molar-refractivity contribution is 5.97. The third kappa shape index (κ3) is 8.59. The van der Waals surface area contributed by atoms with Crippen molar-refractivity contribution in [3.8, 4) is 11.4 Å². The minimum atomic E-state index is -1.33. The van der Waals surface area contributed by atoms with Gasteiger partial charge in [-0.2, -0.15) is 0 Å². The standard InChI is InChI=1S/C42H55F3N8O5/c1-7-33(49-39(55)21(3)46-5)41(57)52-19-24(44)14-25(52)17-31-29-10-9-11-32(45)36(29)51-38(31)37-30(28-13-12-23(43)15-35(28)48-37)18-26-16-27(54)20-53(26)42(58)34(8-2)50-40(56)22(4)47-6/h9-13,15,21-22,24-27,33-34,46-48,51,54H,7-8,14,16-20H2,1-6H3,(H,49,55)(H,50,56)/t21-,22-,24-,25?,26-,27-,33-,34-/m0/s1. The van der Waals surface area contributed by atoms with Crippen LogP contribution in [-0.2, 0) is 32.0 Å². The second-order valence-corrected chi connectivity index (χ2v) is 15.7. The molecule has 2 fully saturated rings. The Balaban J connectivity index is 1.40. The number of aliphatic hydroxyl groups is 1. The van der Waals surface area contributed by atoms with Gasteiger partial charge in [-0.25, -0.2) is 13.2 Å². The number of aromatic nitrogens is 2. The first-order chi connectivity index (χ1) is 27.7. The molecule has 4 aromatic rings. The van der Waals surface area contributed by atoms with Crippen molar-refractivity contribution >= 4 is 45.4 Å². The first kappa shape index (κ1) is 42.7. The summed E-state index contributed by atoms with van der Waals surface area (Å²) >= 11 is 0. The normalized spacial score (nSPS) is 21.7. The van der Waals surface area contributed by atoms with Crippen LogP contribution >= 0.6 is 0 Å². The number of rotatable bonds is 15. The third-order valence-electron chi connectivity index (χ3n) is 11.9. The number of nitrogens with one attached hydrogen (secondary N) is 6. The van der Waals surface area contributed by atoms with Gasteiger partial charge in [0.2, 0.25) is 23.6 Å². The van der Waals surface area contributed by atoms with E-state index in [0.29, 0.717) is 45.2 Å². The molecule has 16 heteroatoms. The zero-order valence-electron chi connectivity index (χ0n) is 33.8. The van der Waals surface area contributed by atoms with Crippen LogP contribution in [0.5, 0.6) is 0 Å². The van der Waals surface area contributed by atoms with Gasteiger partial charge in [-0.1, -0.05) is 26.0 Å². The minimum absolute atomic E-state index is 0.0223. The maximum Gasteiger partial charge on any atom is 0.245 e. The predicted molar refractivity (Wildman–Crippen MR) is 216 cm³/mol. The molecule has 0 spiro atoms. The molecule has 2 aliphatic rings. The number of carbonyl (C=O) groups is 4. The third-order valence-corrected chi connectivity index (χ3v) is 11.9. The van der Waals surface area contributed by atoms with Gasteiger partial charge in [-0.3, -0.25) is 19.2 Å². The molecule has 6 rings (SSSR count). The number of fused-ring (bicyclic) bond motifs is 2. The lowest BCUT2D eigenvalue weighted by atomic mass is 9.94. The molecule has 2 aromatic carbocycles. The Morgan fingerprint density at radius 3 is 1.93 bits per heavy atom. The number of likely N-dealkylation sites (tertiary alicyclic amines) is 2. The van der Waals surface area contributed by atoms with Crippen molar-refractivity contribution in [3.63, 3.8) is 0 Å². The monoisotopic (exact) mass is 808 g/mol. The maximum atomic E-state index is 15.6. The number of carbonyl (C=O) groups excluding carboxylic acids is 4. The molecule has 0 saturated carbocycles. The van der Waals surface area contributed by atoms with Crippen LogP contribution in [-0.4, -0.2) is 124 Å².